The van der Waals surface area contributed by atoms with Crippen LogP contribution in [-0.2, 0) is 11.3 Å². The third kappa shape index (κ3) is 3.71. The van der Waals surface area contributed by atoms with Gasteiger partial charge in [0.05, 0.1) is 13.2 Å². The fourth-order valence-electron chi connectivity index (χ4n) is 3.53. The molecule has 1 N–H and O–H groups in total. The van der Waals surface area contributed by atoms with Gasteiger partial charge in [-0.25, -0.2) is 0 Å². The lowest BCUT2D eigenvalue weighted by molar-refractivity contribution is -0.145. The molecule has 7 nitrogen and oxygen atoms in total. The van der Waals surface area contributed by atoms with Crippen LogP contribution in [0.4, 0.5) is 24.9 Å². The molecule has 0 bridgehead atoms. The van der Waals surface area contributed by atoms with Crippen LogP contribution in [0.15, 0.2) is 35.1 Å². The zero-order valence-electron chi connectivity index (χ0n) is 15.4. The number of ether oxygens (including phenoxy) is 1. The number of aromatic nitrogens is 2. The molecule has 2 aliphatic heterocycles. The van der Waals surface area contributed by atoms with Crippen LogP contribution in [0.3, 0.4) is 0 Å². The average Bonchev–Trinajstić information content (AvgIpc) is 2.73. The van der Waals surface area contributed by atoms with Crippen LogP contribution >= 0.6 is 0 Å². The Bertz CT molecular complexity index is 969. The first-order valence-corrected chi connectivity index (χ1v) is 9.27. The molecule has 0 aliphatic carbocycles. The van der Waals surface area contributed by atoms with Gasteiger partial charge in [0.2, 0.25) is 11.7 Å². The molecule has 2 aromatic rings. The first kappa shape index (κ1) is 19.4. The molecule has 10 heteroatoms. The molecule has 2 aliphatic rings. The molecule has 0 radical (unpaired) electrons. The zero-order valence-corrected chi connectivity index (χ0v) is 15.4. The lowest BCUT2D eigenvalue weighted by Gasteiger charge is -2.33. The predicted molar refractivity (Wildman–Crippen MR) is 99.5 cm³/mol. The number of anilines is 2. The summed E-state index contributed by atoms with van der Waals surface area (Å²) < 4.78 is 45.9. The number of benzene rings is 1. The number of halogens is 3. The minimum atomic E-state index is -4.46. The maximum Gasteiger partial charge on any atom is 0.408 e. The molecule has 0 amide bonds. The summed E-state index contributed by atoms with van der Waals surface area (Å²) in [5, 5.41) is 2.32. The van der Waals surface area contributed by atoms with Crippen molar-refractivity contribution in [3.05, 3.63) is 51.8 Å². The van der Waals surface area contributed by atoms with Gasteiger partial charge in [-0.2, -0.15) is 18.2 Å². The number of carbonyl (C=O) groups is 1. The Hall–Kier alpha value is -2.88. The fraction of sp³-hybridized carbons (Fsp3) is 0.421. The molecule has 154 valence electrons. The van der Waals surface area contributed by atoms with Crippen molar-refractivity contribution in [1.82, 2.24) is 9.55 Å². The number of ketones is 1. The number of morpholine rings is 1. The summed E-state index contributed by atoms with van der Waals surface area (Å²) >= 11 is 0. The van der Waals surface area contributed by atoms with Crippen LogP contribution in [0.1, 0.15) is 22.3 Å². The van der Waals surface area contributed by atoms with Crippen molar-refractivity contribution in [2.24, 2.45) is 0 Å². The van der Waals surface area contributed by atoms with E-state index in [1.807, 2.05) is 0 Å². The summed E-state index contributed by atoms with van der Waals surface area (Å²) in [5.41, 5.74) is -0.453. The van der Waals surface area contributed by atoms with Crippen LogP contribution in [-0.4, -0.2) is 53.9 Å². The van der Waals surface area contributed by atoms with Crippen molar-refractivity contribution in [3.8, 4) is 0 Å². The van der Waals surface area contributed by atoms with Crippen LogP contribution in [0, 0.1) is 0 Å². The van der Waals surface area contributed by atoms with E-state index in [0.717, 1.165) is 4.57 Å². The highest BCUT2D eigenvalue weighted by atomic mass is 19.4. The monoisotopic (exact) mass is 408 g/mol. The molecule has 3 heterocycles. The first-order chi connectivity index (χ1) is 13.9. The summed E-state index contributed by atoms with van der Waals surface area (Å²) in [6.45, 7) is 1.34. The highest BCUT2D eigenvalue weighted by molar-refractivity contribution is 6.11. The van der Waals surface area contributed by atoms with Gasteiger partial charge in [0, 0.05) is 25.2 Å². The number of carbonyl (C=O) groups excluding carboxylic acids is 1. The fourth-order valence-corrected chi connectivity index (χ4v) is 3.53. The summed E-state index contributed by atoms with van der Waals surface area (Å²) in [5.74, 6) is -0.582. The summed E-state index contributed by atoms with van der Waals surface area (Å²) in [7, 11) is 0. The number of hydrogen-bond acceptors (Lipinski definition) is 6. The maximum absolute atomic E-state index is 13.2. The van der Waals surface area contributed by atoms with Gasteiger partial charge in [-0.15, -0.1) is 0 Å². The molecule has 1 aromatic heterocycles. The molecular weight excluding hydrogens is 389 g/mol. The van der Waals surface area contributed by atoms with Crippen molar-refractivity contribution in [2.45, 2.75) is 25.2 Å². The Morgan fingerprint density at radius 2 is 1.83 bits per heavy atom. The highest BCUT2D eigenvalue weighted by Gasteiger charge is 2.42. The first-order valence-electron chi connectivity index (χ1n) is 9.27. The normalized spacial score (nSPS) is 19.4. The van der Waals surface area contributed by atoms with Gasteiger partial charge in [-0.3, -0.25) is 14.2 Å². The van der Waals surface area contributed by atoms with E-state index in [0.29, 0.717) is 31.9 Å². The van der Waals surface area contributed by atoms with Gasteiger partial charge in [-0.1, -0.05) is 30.3 Å². The largest absolute Gasteiger partial charge is 0.408 e. The van der Waals surface area contributed by atoms with E-state index in [-0.39, 0.29) is 30.3 Å². The Kier molecular flexibility index (Phi) is 5.03. The van der Waals surface area contributed by atoms with Gasteiger partial charge in [-0.05, 0) is 6.42 Å². The van der Waals surface area contributed by atoms with Crippen molar-refractivity contribution < 1.29 is 22.7 Å². The quantitative estimate of drug-likeness (QED) is 0.784. The van der Waals surface area contributed by atoms with E-state index in [1.54, 1.807) is 35.2 Å². The molecule has 1 saturated heterocycles. The van der Waals surface area contributed by atoms with Crippen LogP contribution in [0.5, 0.6) is 0 Å². The second-order valence-corrected chi connectivity index (χ2v) is 6.91. The molecule has 0 saturated carbocycles. The minimum Gasteiger partial charge on any atom is -0.378 e. The summed E-state index contributed by atoms with van der Waals surface area (Å²) in [6.07, 6.45) is -4.77. The summed E-state index contributed by atoms with van der Waals surface area (Å²) in [6, 6.07) is 6.50. The Morgan fingerprint density at radius 1 is 1.14 bits per heavy atom. The molecule has 1 unspecified atom stereocenters. The lowest BCUT2D eigenvalue weighted by Crippen LogP contribution is -2.46. The van der Waals surface area contributed by atoms with E-state index in [1.165, 1.54) is 0 Å². The van der Waals surface area contributed by atoms with Gasteiger partial charge in [0.25, 0.3) is 5.56 Å². The SMILES string of the molecule is O=C(c1ccccc1)c1c(N2CCOCC2)nc2n(c1=O)CCC(C(F)(F)F)N2. The van der Waals surface area contributed by atoms with E-state index in [4.69, 9.17) is 4.74 Å². The van der Waals surface area contributed by atoms with E-state index < -0.39 is 23.6 Å². The number of alkyl halides is 3. The van der Waals surface area contributed by atoms with E-state index in [9.17, 15) is 22.8 Å². The second-order valence-electron chi connectivity index (χ2n) is 6.91. The Morgan fingerprint density at radius 3 is 2.48 bits per heavy atom. The van der Waals surface area contributed by atoms with Crippen molar-refractivity contribution in [1.29, 1.82) is 0 Å². The number of fused-ring (bicyclic) bond motifs is 1. The predicted octanol–water partition coefficient (Wildman–Crippen LogP) is 2.06. The molecule has 1 atom stereocenters. The third-order valence-electron chi connectivity index (χ3n) is 5.06. The van der Waals surface area contributed by atoms with E-state index in [2.05, 4.69) is 10.3 Å². The third-order valence-corrected chi connectivity index (χ3v) is 5.06. The topological polar surface area (TPSA) is 76.5 Å². The smallest absolute Gasteiger partial charge is 0.378 e. The minimum absolute atomic E-state index is 0.0914. The standard InChI is InChI=1S/C19H19F3N4O3/c20-19(21,22)13-6-7-26-17(28)14(15(27)12-4-2-1-3-5-12)16(24-18(26)23-13)25-8-10-29-11-9-25/h1-5,13H,6-11H2,(H,23,24). The lowest BCUT2D eigenvalue weighted by atomic mass is 10.0. The van der Waals surface area contributed by atoms with Crippen molar-refractivity contribution in [3.63, 3.8) is 0 Å². The maximum atomic E-state index is 13.2. The molecule has 4 rings (SSSR count). The van der Waals surface area contributed by atoms with Gasteiger partial charge < -0.3 is 15.0 Å². The molecule has 1 fully saturated rings. The van der Waals surface area contributed by atoms with E-state index >= 15 is 0 Å². The van der Waals surface area contributed by atoms with Gasteiger partial charge in [0.1, 0.15) is 17.4 Å². The van der Waals surface area contributed by atoms with Crippen LogP contribution < -0.4 is 15.8 Å². The van der Waals surface area contributed by atoms with Crippen LogP contribution in [0.25, 0.3) is 0 Å². The average molecular weight is 408 g/mol. The van der Waals surface area contributed by atoms with Crippen molar-refractivity contribution >= 4 is 17.5 Å². The summed E-state index contributed by atoms with van der Waals surface area (Å²) in [4.78, 5) is 32.3. The molecule has 1 aromatic carbocycles. The Labute approximate surface area is 164 Å². The number of hydrogen-bond donors (Lipinski definition) is 1. The zero-order chi connectivity index (χ0) is 20.6. The highest BCUT2D eigenvalue weighted by Crippen LogP contribution is 2.30. The number of rotatable bonds is 3. The van der Waals surface area contributed by atoms with Crippen LogP contribution in [0.2, 0.25) is 0 Å². The van der Waals surface area contributed by atoms with Gasteiger partial charge >= 0.3 is 6.18 Å². The molecular formula is C19H19F3N4O3. The molecule has 0 spiro atoms. The Balaban J connectivity index is 1.84. The second kappa shape index (κ2) is 7.51. The van der Waals surface area contributed by atoms with Gasteiger partial charge in [0.15, 0.2) is 0 Å². The number of nitrogens with zero attached hydrogens (tertiary/aromatic N) is 3. The number of nitrogens with one attached hydrogen (secondary N) is 1. The molecule has 29 heavy (non-hydrogen) atoms. The van der Waals surface area contributed by atoms with Crippen molar-refractivity contribution in [2.75, 3.05) is 36.5 Å².